The zero-order valence-corrected chi connectivity index (χ0v) is 11.7. The Morgan fingerprint density at radius 2 is 2.05 bits per heavy atom. The largest absolute Gasteiger partial charge is 0.344 e. The summed E-state index contributed by atoms with van der Waals surface area (Å²) >= 11 is 0. The number of halogens is 2. The molecular formula is C14H15F2N3O2. The van der Waals surface area contributed by atoms with Gasteiger partial charge in [-0.25, -0.2) is 13.8 Å². The number of carbonyl (C=O) groups is 2. The van der Waals surface area contributed by atoms with Gasteiger partial charge in [-0.3, -0.25) is 9.59 Å². The number of hydrogen-bond donors (Lipinski definition) is 1. The molecule has 1 aromatic rings. The highest BCUT2D eigenvalue weighted by molar-refractivity contribution is 6.39. The Balaban J connectivity index is 2.07. The third-order valence-corrected chi connectivity index (χ3v) is 3.26. The van der Waals surface area contributed by atoms with E-state index in [1.807, 2.05) is 0 Å². The topological polar surface area (TPSA) is 61.8 Å². The maximum atomic E-state index is 13.2. The van der Waals surface area contributed by atoms with Crippen LogP contribution in [-0.4, -0.2) is 29.6 Å². The first-order chi connectivity index (χ1) is 9.88. The van der Waals surface area contributed by atoms with E-state index in [2.05, 4.69) is 10.4 Å². The Hall–Kier alpha value is -2.31. The van der Waals surface area contributed by atoms with E-state index < -0.39 is 23.6 Å². The Morgan fingerprint density at radius 3 is 2.67 bits per heavy atom. The highest BCUT2D eigenvalue weighted by atomic mass is 19.2. The smallest absolute Gasteiger partial charge is 0.267 e. The normalized spacial score (nSPS) is 16.5. The Labute approximate surface area is 120 Å². The lowest BCUT2D eigenvalue weighted by Gasteiger charge is -2.20. The summed E-state index contributed by atoms with van der Waals surface area (Å²) < 4.78 is 26.0. The van der Waals surface area contributed by atoms with Gasteiger partial charge in [-0.05, 0) is 24.6 Å². The lowest BCUT2D eigenvalue weighted by Crippen LogP contribution is -2.38. The number of nitrogens with one attached hydrogen (secondary N) is 1. The number of amides is 2. The second kappa shape index (κ2) is 5.99. The molecule has 7 heteroatoms. The van der Waals surface area contributed by atoms with Gasteiger partial charge in [0.1, 0.15) is 5.71 Å². The molecule has 112 valence electrons. The molecule has 1 aromatic carbocycles. The molecule has 1 aliphatic rings. The second-order valence-electron chi connectivity index (χ2n) is 4.83. The summed E-state index contributed by atoms with van der Waals surface area (Å²) in [6, 6.07) is 2.95. The quantitative estimate of drug-likeness (QED) is 0.923. The summed E-state index contributed by atoms with van der Waals surface area (Å²) in [6.07, 6.45) is 0.488. The summed E-state index contributed by atoms with van der Waals surface area (Å²) in [6.45, 7) is 1.66. The molecule has 1 N–H and O–H groups in total. The first-order valence-corrected chi connectivity index (χ1v) is 6.48. The number of hydrogen-bond acceptors (Lipinski definition) is 3. The molecule has 21 heavy (non-hydrogen) atoms. The molecule has 0 fully saturated rings. The molecule has 0 aliphatic carbocycles. The maximum Gasteiger partial charge on any atom is 0.267 e. The fourth-order valence-corrected chi connectivity index (χ4v) is 1.98. The van der Waals surface area contributed by atoms with Crippen LogP contribution in [0.4, 0.5) is 8.78 Å². The molecule has 0 bridgehead atoms. The highest BCUT2D eigenvalue weighted by Gasteiger charge is 2.23. The average molecular weight is 295 g/mol. The minimum absolute atomic E-state index is 0.153. The molecule has 0 aromatic heterocycles. The summed E-state index contributed by atoms with van der Waals surface area (Å²) in [7, 11) is 1.48. The summed E-state index contributed by atoms with van der Waals surface area (Å²) in [5, 5.41) is 7.67. The minimum atomic E-state index is -0.964. The third kappa shape index (κ3) is 3.42. The van der Waals surface area contributed by atoms with Crippen LogP contribution in [0.1, 0.15) is 31.4 Å². The van der Waals surface area contributed by atoms with Gasteiger partial charge in [0.05, 0.1) is 6.04 Å². The number of carbonyl (C=O) groups excluding carboxylic acids is 2. The molecule has 0 unspecified atom stereocenters. The fourth-order valence-electron chi connectivity index (χ4n) is 1.98. The standard InChI is InChI=1S/C14H15F2N3O2/c1-8(9-3-4-10(15)11(16)7-9)17-14(21)12-5-6-13(20)19(2)18-12/h3-4,7-8H,5-6H2,1-2H3,(H,17,21)/t8-/m0/s1. The van der Waals surface area contributed by atoms with Crippen LogP contribution in [0, 0.1) is 11.6 Å². The van der Waals surface area contributed by atoms with Crippen molar-refractivity contribution < 1.29 is 18.4 Å². The van der Waals surface area contributed by atoms with Gasteiger partial charge in [-0.15, -0.1) is 0 Å². The van der Waals surface area contributed by atoms with Gasteiger partial charge >= 0.3 is 0 Å². The van der Waals surface area contributed by atoms with Crippen LogP contribution in [0.3, 0.4) is 0 Å². The van der Waals surface area contributed by atoms with Crippen molar-refractivity contribution in [1.82, 2.24) is 10.3 Å². The molecule has 5 nitrogen and oxygen atoms in total. The molecule has 2 amide bonds. The van der Waals surface area contributed by atoms with Crippen LogP contribution in [-0.2, 0) is 9.59 Å². The van der Waals surface area contributed by atoms with Crippen molar-refractivity contribution in [2.75, 3.05) is 7.05 Å². The van der Waals surface area contributed by atoms with Gasteiger partial charge in [0, 0.05) is 19.9 Å². The lowest BCUT2D eigenvalue weighted by molar-refractivity contribution is -0.130. The SMILES string of the molecule is C[C@H](NC(=O)C1=NN(C)C(=O)CC1)c1ccc(F)c(F)c1. The van der Waals surface area contributed by atoms with Crippen LogP contribution < -0.4 is 5.32 Å². The predicted molar refractivity (Wildman–Crippen MR) is 72.4 cm³/mol. The van der Waals surface area contributed by atoms with Crippen molar-refractivity contribution >= 4 is 17.5 Å². The van der Waals surface area contributed by atoms with Gasteiger partial charge in [-0.1, -0.05) is 6.07 Å². The van der Waals surface area contributed by atoms with Crippen molar-refractivity contribution in [2.24, 2.45) is 5.10 Å². The summed E-state index contributed by atoms with van der Waals surface area (Å²) in [4.78, 5) is 23.3. The Kier molecular flexibility index (Phi) is 4.30. The number of nitrogens with zero attached hydrogens (tertiary/aromatic N) is 2. The summed E-state index contributed by atoms with van der Waals surface area (Å²) in [5.41, 5.74) is 0.689. The van der Waals surface area contributed by atoms with E-state index >= 15 is 0 Å². The monoisotopic (exact) mass is 295 g/mol. The number of hydrazone groups is 1. The van der Waals surface area contributed by atoms with E-state index in [4.69, 9.17) is 0 Å². The van der Waals surface area contributed by atoms with Gasteiger partial charge in [0.25, 0.3) is 5.91 Å². The minimum Gasteiger partial charge on any atom is -0.344 e. The zero-order valence-electron chi connectivity index (χ0n) is 11.7. The predicted octanol–water partition coefficient (Wildman–Crippen LogP) is 1.75. The van der Waals surface area contributed by atoms with Crippen molar-refractivity contribution in [2.45, 2.75) is 25.8 Å². The molecule has 1 atom stereocenters. The van der Waals surface area contributed by atoms with Crippen molar-refractivity contribution in [3.05, 3.63) is 35.4 Å². The van der Waals surface area contributed by atoms with Crippen molar-refractivity contribution in [1.29, 1.82) is 0 Å². The molecule has 0 saturated heterocycles. The van der Waals surface area contributed by atoms with Gasteiger partial charge in [-0.2, -0.15) is 5.10 Å². The third-order valence-electron chi connectivity index (χ3n) is 3.26. The molecule has 1 aliphatic heterocycles. The zero-order chi connectivity index (χ0) is 15.6. The van der Waals surface area contributed by atoms with Gasteiger partial charge < -0.3 is 5.32 Å². The lowest BCUT2D eigenvalue weighted by atomic mass is 10.1. The van der Waals surface area contributed by atoms with Crippen LogP contribution >= 0.6 is 0 Å². The Bertz CT molecular complexity index is 616. The van der Waals surface area contributed by atoms with E-state index in [1.165, 1.54) is 13.1 Å². The van der Waals surface area contributed by atoms with Gasteiger partial charge in [0.2, 0.25) is 5.91 Å². The highest BCUT2D eigenvalue weighted by Crippen LogP contribution is 2.16. The first-order valence-electron chi connectivity index (χ1n) is 6.48. The van der Waals surface area contributed by atoms with E-state index in [1.54, 1.807) is 6.92 Å². The van der Waals surface area contributed by atoms with Crippen molar-refractivity contribution in [3.63, 3.8) is 0 Å². The number of benzene rings is 1. The maximum absolute atomic E-state index is 13.2. The summed E-state index contributed by atoms with van der Waals surface area (Å²) in [5.74, 6) is -2.48. The Morgan fingerprint density at radius 1 is 1.33 bits per heavy atom. The molecular weight excluding hydrogens is 280 g/mol. The van der Waals surface area contributed by atoms with E-state index in [0.29, 0.717) is 5.56 Å². The number of rotatable bonds is 3. The van der Waals surface area contributed by atoms with Crippen LogP contribution in [0.15, 0.2) is 23.3 Å². The average Bonchev–Trinajstić information content (AvgIpc) is 2.44. The van der Waals surface area contributed by atoms with Crippen LogP contribution in [0.5, 0.6) is 0 Å². The molecule has 0 spiro atoms. The van der Waals surface area contributed by atoms with Gasteiger partial charge in [0.15, 0.2) is 11.6 Å². The van der Waals surface area contributed by atoms with E-state index in [0.717, 1.165) is 17.1 Å². The van der Waals surface area contributed by atoms with Crippen LogP contribution in [0.25, 0.3) is 0 Å². The van der Waals surface area contributed by atoms with Crippen LogP contribution in [0.2, 0.25) is 0 Å². The molecule has 2 rings (SSSR count). The molecule has 0 radical (unpaired) electrons. The fraction of sp³-hybridized carbons (Fsp3) is 0.357. The first kappa shape index (κ1) is 15.1. The molecule has 0 saturated carbocycles. The van der Waals surface area contributed by atoms with Crippen molar-refractivity contribution in [3.8, 4) is 0 Å². The van der Waals surface area contributed by atoms with E-state index in [-0.39, 0.29) is 24.5 Å². The van der Waals surface area contributed by atoms with E-state index in [9.17, 15) is 18.4 Å². The molecule has 1 heterocycles. The second-order valence-corrected chi connectivity index (χ2v) is 4.83.